The molecular formula is C41H31N3Si. The molecule has 6 aromatic carbocycles. The summed E-state index contributed by atoms with van der Waals surface area (Å²) in [6.07, 6.45) is 0. The highest BCUT2D eigenvalue weighted by Gasteiger charge is 2.37. The average Bonchev–Trinajstić information content (AvgIpc) is 3.34. The predicted molar refractivity (Wildman–Crippen MR) is 189 cm³/mol. The maximum absolute atomic E-state index is 5.11. The molecule has 0 radical (unpaired) electrons. The van der Waals surface area contributed by atoms with E-state index in [1.165, 1.54) is 32.6 Å². The molecule has 0 atom stereocenters. The Kier molecular flexibility index (Phi) is 6.58. The van der Waals surface area contributed by atoms with Gasteiger partial charge in [-0.3, -0.25) is 0 Å². The van der Waals surface area contributed by atoms with Crippen molar-refractivity contribution < 1.29 is 0 Å². The molecule has 0 spiro atoms. The molecular weight excluding hydrogens is 563 g/mol. The van der Waals surface area contributed by atoms with Crippen LogP contribution < -0.4 is 10.4 Å². The van der Waals surface area contributed by atoms with Gasteiger partial charge in [0.25, 0.3) is 0 Å². The van der Waals surface area contributed by atoms with Gasteiger partial charge in [-0.05, 0) is 43.8 Å². The van der Waals surface area contributed by atoms with E-state index in [9.17, 15) is 0 Å². The first-order chi connectivity index (χ1) is 22.1. The third kappa shape index (κ3) is 4.80. The number of benzene rings is 6. The van der Waals surface area contributed by atoms with E-state index in [1.807, 2.05) is 24.3 Å². The van der Waals surface area contributed by atoms with Gasteiger partial charge in [-0.1, -0.05) is 165 Å². The second kappa shape index (κ2) is 10.9. The number of hydrogen-bond donors (Lipinski definition) is 0. The van der Waals surface area contributed by atoms with Crippen molar-refractivity contribution in [1.29, 1.82) is 0 Å². The van der Waals surface area contributed by atoms with Crippen LogP contribution in [-0.4, -0.2) is 23.0 Å². The monoisotopic (exact) mass is 593 g/mol. The van der Waals surface area contributed by atoms with Crippen LogP contribution in [0, 0.1) is 0 Å². The van der Waals surface area contributed by atoms with Gasteiger partial charge >= 0.3 is 0 Å². The van der Waals surface area contributed by atoms with Crippen molar-refractivity contribution in [2.24, 2.45) is 0 Å². The topological polar surface area (TPSA) is 38.7 Å². The van der Waals surface area contributed by atoms with Crippen LogP contribution in [0.25, 0.3) is 67.5 Å². The Morgan fingerprint density at radius 3 is 1.47 bits per heavy atom. The van der Waals surface area contributed by atoms with Crippen LogP contribution in [0.15, 0.2) is 152 Å². The minimum atomic E-state index is -1.82. The van der Waals surface area contributed by atoms with Crippen LogP contribution >= 0.6 is 0 Å². The lowest BCUT2D eigenvalue weighted by molar-refractivity contribution is 1.07. The third-order valence-corrected chi connectivity index (χ3v) is 12.5. The van der Waals surface area contributed by atoms with Crippen molar-refractivity contribution in [3.8, 4) is 67.5 Å². The standard InChI is InChI=1S/C41H31N3Si/c1-45(2)37-20-12-11-18-34(37)35-26-25-32(27-38(35)45)33-17-9-10-19-36(33)41-43-39(30-15-7-4-8-16-30)42-40(44-41)31-23-21-29(22-24-31)28-13-5-3-6-14-28/h3-27H,1-2H3. The van der Waals surface area contributed by atoms with E-state index in [4.69, 9.17) is 15.0 Å². The molecule has 4 heteroatoms. The zero-order valence-electron chi connectivity index (χ0n) is 25.3. The number of fused-ring (bicyclic) bond motifs is 3. The van der Waals surface area contributed by atoms with Gasteiger partial charge in [0, 0.05) is 16.7 Å². The minimum Gasteiger partial charge on any atom is -0.208 e. The lowest BCUT2D eigenvalue weighted by atomic mass is 9.96. The lowest BCUT2D eigenvalue weighted by Gasteiger charge is -2.20. The fraction of sp³-hybridized carbons (Fsp3) is 0.0488. The molecule has 45 heavy (non-hydrogen) atoms. The molecule has 0 saturated carbocycles. The van der Waals surface area contributed by atoms with E-state index in [2.05, 4.69) is 140 Å². The molecule has 0 bridgehead atoms. The first kappa shape index (κ1) is 27.1. The highest BCUT2D eigenvalue weighted by atomic mass is 28.3. The smallest absolute Gasteiger partial charge is 0.164 e. The molecule has 0 fully saturated rings. The van der Waals surface area contributed by atoms with Gasteiger partial charge in [0.15, 0.2) is 17.5 Å². The quantitative estimate of drug-likeness (QED) is 0.187. The van der Waals surface area contributed by atoms with Gasteiger partial charge in [-0.25, -0.2) is 15.0 Å². The van der Waals surface area contributed by atoms with E-state index in [0.717, 1.165) is 27.8 Å². The SMILES string of the molecule is C[Si]1(C)c2ccccc2-c2ccc(-c3ccccc3-c3nc(-c4ccccc4)nc(-c4ccc(-c5ccccc5)cc4)n3)cc21. The number of nitrogens with zero attached hydrogens (tertiary/aromatic N) is 3. The lowest BCUT2D eigenvalue weighted by Crippen LogP contribution is -2.49. The van der Waals surface area contributed by atoms with Crippen LogP contribution in [0.1, 0.15) is 0 Å². The zero-order chi connectivity index (χ0) is 30.4. The van der Waals surface area contributed by atoms with Crippen molar-refractivity contribution >= 4 is 18.4 Å². The molecule has 7 aromatic rings. The summed E-state index contributed by atoms with van der Waals surface area (Å²) in [6.45, 7) is 4.92. The minimum absolute atomic E-state index is 0.659. The van der Waals surface area contributed by atoms with Gasteiger partial charge in [-0.2, -0.15) is 0 Å². The Labute approximate surface area is 265 Å². The predicted octanol–water partition coefficient (Wildman–Crippen LogP) is 9.01. The Hall–Kier alpha value is -5.45. The summed E-state index contributed by atoms with van der Waals surface area (Å²) in [7, 11) is -1.82. The molecule has 0 amide bonds. The van der Waals surface area contributed by atoms with Crippen molar-refractivity contribution in [3.05, 3.63) is 152 Å². The molecule has 3 nitrogen and oxygen atoms in total. The first-order valence-electron chi connectivity index (χ1n) is 15.4. The van der Waals surface area contributed by atoms with Crippen molar-refractivity contribution in [3.63, 3.8) is 0 Å². The molecule has 1 aliphatic heterocycles. The maximum atomic E-state index is 5.11. The van der Waals surface area contributed by atoms with E-state index < -0.39 is 8.07 Å². The van der Waals surface area contributed by atoms with Gasteiger partial charge < -0.3 is 0 Å². The highest BCUT2D eigenvalue weighted by molar-refractivity contribution is 7.03. The zero-order valence-corrected chi connectivity index (χ0v) is 26.3. The van der Waals surface area contributed by atoms with E-state index in [0.29, 0.717) is 17.5 Å². The summed E-state index contributed by atoms with van der Waals surface area (Å²) in [5, 5.41) is 2.99. The molecule has 214 valence electrons. The van der Waals surface area contributed by atoms with Gasteiger partial charge in [-0.15, -0.1) is 0 Å². The summed E-state index contributed by atoms with van der Waals surface area (Å²) >= 11 is 0. The Morgan fingerprint density at radius 1 is 0.333 bits per heavy atom. The summed E-state index contributed by atoms with van der Waals surface area (Å²) in [4.78, 5) is 15.2. The molecule has 1 aromatic heterocycles. The molecule has 2 heterocycles. The summed E-state index contributed by atoms with van der Waals surface area (Å²) in [6, 6.07) is 53.5. The number of aromatic nitrogens is 3. The Bertz CT molecular complexity index is 2170. The number of rotatable bonds is 5. The molecule has 8 rings (SSSR count). The Balaban J connectivity index is 1.26. The van der Waals surface area contributed by atoms with Crippen molar-refractivity contribution in [2.75, 3.05) is 0 Å². The van der Waals surface area contributed by atoms with Gasteiger partial charge in [0.1, 0.15) is 8.07 Å². The molecule has 0 aliphatic carbocycles. The third-order valence-electron chi connectivity index (χ3n) is 8.98. The van der Waals surface area contributed by atoms with E-state index in [-0.39, 0.29) is 0 Å². The van der Waals surface area contributed by atoms with Crippen LogP contribution in [0.4, 0.5) is 0 Å². The Morgan fingerprint density at radius 2 is 0.778 bits per heavy atom. The van der Waals surface area contributed by atoms with Crippen LogP contribution in [0.2, 0.25) is 13.1 Å². The summed E-state index contributed by atoms with van der Waals surface area (Å²) in [5.41, 5.74) is 10.3. The largest absolute Gasteiger partial charge is 0.208 e. The van der Waals surface area contributed by atoms with Crippen molar-refractivity contribution in [1.82, 2.24) is 15.0 Å². The second-order valence-corrected chi connectivity index (χ2v) is 16.4. The number of hydrogen-bond acceptors (Lipinski definition) is 3. The van der Waals surface area contributed by atoms with E-state index in [1.54, 1.807) is 0 Å². The van der Waals surface area contributed by atoms with Crippen LogP contribution in [0.5, 0.6) is 0 Å². The first-order valence-corrected chi connectivity index (χ1v) is 18.4. The molecule has 0 unspecified atom stereocenters. The molecule has 0 saturated heterocycles. The maximum Gasteiger partial charge on any atom is 0.164 e. The second-order valence-electron chi connectivity index (χ2n) is 12.1. The summed E-state index contributed by atoms with van der Waals surface area (Å²) in [5.74, 6) is 1.99. The fourth-order valence-electron chi connectivity index (χ4n) is 6.59. The summed E-state index contributed by atoms with van der Waals surface area (Å²) < 4.78 is 0. The molecule has 1 aliphatic rings. The average molecular weight is 594 g/mol. The van der Waals surface area contributed by atoms with Crippen molar-refractivity contribution in [2.45, 2.75) is 13.1 Å². The van der Waals surface area contributed by atoms with Gasteiger partial charge in [0.05, 0.1) is 0 Å². The van der Waals surface area contributed by atoms with Crippen LogP contribution in [-0.2, 0) is 0 Å². The highest BCUT2D eigenvalue weighted by Crippen LogP contribution is 2.36. The normalized spacial score (nSPS) is 12.8. The fourth-order valence-corrected chi connectivity index (χ4v) is 9.69. The molecule has 0 N–H and O–H groups in total. The van der Waals surface area contributed by atoms with E-state index >= 15 is 0 Å². The van der Waals surface area contributed by atoms with Gasteiger partial charge in [0.2, 0.25) is 0 Å². The van der Waals surface area contributed by atoms with Crippen LogP contribution in [0.3, 0.4) is 0 Å².